The highest BCUT2D eigenvalue weighted by atomic mass is 79.9. The molecule has 0 atom stereocenters. The number of likely N-dealkylation sites (N-methyl/N-ethyl adjacent to an activating group) is 1. The van der Waals surface area contributed by atoms with Crippen LogP contribution in [0.3, 0.4) is 0 Å². The highest BCUT2D eigenvalue weighted by molar-refractivity contribution is 9.10. The van der Waals surface area contributed by atoms with E-state index in [4.69, 9.17) is 4.74 Å². The average molecular weight is 473 g/mol. The van der Waals surface area contributed by atoms with E-state index in [1.54, 1.807) is 11.3 Å². The van der Waals surface area contributed by atoms with Crippen LogP contribution in [0.2, 0.25) is 0 Å². The van der Waals surface area contributed by atoms with Crippen molar-refractivity contribution in [3.05, 3.63) is 34.1 Å². The van der Waals surface area contributed by atoms with Crippen molar-refractivity contribution in [2.24, 2.45) is 0 Å². The van der Waals surface area contributed by atoms with E-state index in [1.807, 2.05) is 17.0 Å². The van der Waals surface area contributed by atoms with Crippen LogP contribution < -0.4 is 10.1 Å². The Hall–Kier alpha value is -1.28. The van der Waals surface area contributed by atoms with Crippen LogP contribution in [0, 0.1) is 0 Å². The number of hydrogen-bond acceptors (Lipinski definition) is 5. The summed E-state index contributed by atoms with van der Waals surface area (Å²) < 4.78 is 8.09. The largest absolute Gasteiger partial charge is 0.490 e. The number of carbonyl (C=O) groups is 1. The quantitative estimate of drug-likeness (QED) is 0.648. The zero-order chi connectivity index (χ0) is 18.3. The van der Waals surface area contributed by atoms with Gasteiger partial charge in [-0.2, -0.15) is 0 Å². The van der Waals surface area contributed by atoms with E-state index in [2.05, 4.69) is 46.1 Å². The van der Waals surface area contributed by atoms with Gasteiger partial charge in [0.2, 0.25) is 0 Å². The molecule has 1 amide bonds. The third-order valence-electron chi connectivity index (χ3n) is 4.99. The third kappa shape index (κ3) is 3.58. The van der Waals surface area contributed by atoms with Crippen LogP contribution in [0.25, 0.3) is 10.1 Å². The first-order valence-electron chi connectivity index (χ1n) is 9.03. The molecule has 0 bridgehead atoms. The lowest BCUT2D eigenvalue weighted by molar-refractivity contribution is 0.0817. The van der Waals surface area contributed by atoms with Crippen molar-refractivity contribution in [1.29, 1.82) is 0 Å². The summed E-state index contributed by atoms with van der Waals surface area (Å²) in [6, 6.07) is 3.99. The lowest BCUT2D eigenvalue weighted by Crippen LogP contribution is -2.34. The molecule has 5 nitrogen and oxygen atoms in total. The zero-order valence-electron chi connectivity index (χ0n) is 15.4. The number of thiophene rings is 1. The summed E-state index contributed by atoms with van der Waals surface area (Å²) in [4.78, 5) is 17.1. The average Bonchev–Trinajstić information content (AvgIpc) is 3.25. The second-order valence-corrected chi connectivity index (χ2v) is 8.27. The van der Waals surface area contributed by atoms with Gasteiger partial charge in [0.15, 0.2) is 5.75 Å². The van der Waals surface area contributed by atoms with Gasteiger partial charge in [0.25, 0.3) is 5.91 Å². The van der Waals surface area contributed by atoms with Gasteiger partial charge in [0, 0.05) is 18.5 Å². The fourth-order valence-corrected chi connectivity index (χ4v) is 5.28. The molecule has 27 heavy (non-hydrogen) atoms. The summed E-state index contributed by atoms with van der Waals surface area (Å²) in [6.07, 6.45) is 2.99. The first-order chi connectivity index (χ1) is 12.6. The number of rotatable bonds is 6. The summed E-state index contributed by atoms with van der Waals surface area (Å²) in [5, 5.41) is 5.31. The normalized spacial score (nSPS) is 15.3. The SMILES string of the molecule is CCN(CC)CCOc1c(Br)ccc2c3c(sc12)NC1=CCCN1C3=O.Cl. The minimum atomic E-state index is 0. The summed E-state index contributed by atoms with van der Waals surface area (Å²) in [5.41, 5.74) is 0.769. The first-order valence-corrected chi connectivity index (χ1v) is 10.6. The zero-order valence-corrected chi connectivity index (χ0v) is 18.6. The van der Waals surface area contributed by atoms with Crippen LogP contribution in [0.5, 0.6) is 5.75 Å². The predicted molar refractivity (Wildman–Crippen MR) is 117 cm³/mol. The molecule has 1 N–H and O–H groups in total. The molecule has 0 saturated carbocycles. The number of carbonyl (C=O) groups excluding carboxylic acids is 1. The van der Waals surface area contributed by atoms with Crippen LogP contribution in [-0.2, 0) is 0 Å². The molecule has 2 aromatic rings. The Morgan fingerprint density at radius 3 is 2.85 bits per heavy atom. The Labute approximate surface area is 177 Å². The maximum atomic E-state index is 12.9. The van der Waals surface area contributed by atoms with Gasteiger partial charge in [0.05, 0.1) is 14.7 Å². The molecule has 0 radical (unpaired) electrons. The molecule has 146 valence electrons. The fraction of sp³-hybridized carbons (Fsp3) is 0.421. The van der Waals surface area contributed by atoms with Crippen molar-refractivity contribution in [2.45, 2.75) is 20.3 Å². The number of ether oxygens (including phenoxy) is 1. The molecule has 3 heterocycles. The maximum absolute atomic E-state index is 12.9. The molecule has 0 saturated heterocycles. The van der Waals surface area contributed by atoms with E-state index in [0.717, 1.165) is 69.3 Å². The molecule has 1 aromatic heterocycles. The van der Waals surface area contributed by atoms with E-state index in [1.165, 1.54) is 0 Å². The Morgan fingerprint density at radius 2 is 2.11 bits per heavy atom. The molecule has 2 aliphatic rings. The standard InChI is InChI=1S/C19H22BrN3O2S.ClH/c1-3-22(4-2)10-11-25-16-13(20)8-7-12-15-18(26-17(12)16)21-14-6-5-9-23(14)19(15)24;/h6-8,21H,3-5,9-11H2,1-2H3;1H. The number of hydrogen-bond donors (Lipinski definition) is 1. The molecule has 8 heteroatoms. The van der Waals surface area contributed by atoms with Gasteiger partial charge < -0.3 is 15.0 Å². The van der Waals surface area contributed by atoms with Gasteiger partial charge in [0.1, 0.15) is 17.4 Å². The molecular formula is C19H23BrClN3O2S. The van der Waals surface area contributed by atoms with Crippen molar-refractivity contribution < 1.29 is 9.53 Å². The van der Waals surface area contributed by atoms with E-state index < -0.39 is 0 Å². The van der Waals surface area contributed by atoms with Gasteiger partial charge in [-0.1, -0.05) is 19.9 Å². The smallest absolute Gasteiger partial charge is 0.263 e. The molecule has 0 fully saturated rings. The highest BCUT2D eigenvalue weighted by Gasteiger charge is 2.34. The summed E-state index contributed by atoms with van der Waals surface area (Å²) in [5.74, 6) is 1.83. The van der Waals surface area contributed by atoms with Crippen molar-refractivity contribution >= 4 is 60.7 Å². The van der Waals surface area contributed by atoms with Gasteiger partial charge in [-0.15, -0.1) is 23.7 Å². The molecule has 4 rings (SSSR count). The van der Waals surface area contributed by atoms with Crippen molar-refractivity contribution in [3.63, 3.8) is 0 Å². The lowest BCUT2D eigenvalue weighted by atomic mass is 10.1. The maximum Gasteiger partial charge on any atom is 0.263 e. The number of amides is 1. The molecule has 0 aliphatic carbocycles. The molecule has 1 aromatic carbocycles. The number of nitrogens with zero attached hydrogens (tertiary/aromatic N) is 2. The highest BCUT2D eigenvalue weighted by Crippen LogP contribution is 2.47. The minimum Gasteiger partial charge on any atom is -0.490 e. The molecule has 0 spiro atoms. The molecule has 2 aliphatic heterocycles. The second-order valence-electron chi connectivity index (χ2n) is 6.39. The summed E-state index contributed by atoms with van der Waals surface area (Å²) in [6.45, 7) is 8.61. The Balaban J connectivity index is 0.00000210. The van der Waals surface area contributed by atoms with E-state index in [-0.39, 0.29) is 18.3 Å². The van der Waals surface area contributed by atoms with Crippen molar-refractivity contribution in [1.82, 2.24) is 9.80 Å². The Morgan fingerprint density at radius 1 is 1.33 bits per heavy atom. The lowest BCUT2D eigenvalue weighted by Gasteiger charge is -2.26. The van der Waals surface area contributed by atoms with Crippen LogP contribution in [0.1, 0.15) is 30.6 Å². The monoisotopic (exact) mass is 471 g/mol. The van der Waals surface area contributed by atoms with Gasteiger partial charge >= 0.3 is 0 Å². The van der Waals surface area contributed by atoms with Crippen molar-refractivity contribution in [2.75, 3.05) is 38.1 Å². The Bertz CT molecular complexity index is 895. The third-order valence-corrected chi connectivity index (χ3v) is 6.74. The number of fused-ring (bicyclic) bond motifs is 4. The van der Waals surface area contributed by atoms with E-state index >= 15 is 0 Å². The van der Waals surface area contributed by atoms with Crippen LogP contribution in [0.4, 0.5) is 5.00 Å². The van der Waals surface area contributed by atoms with Crippen LogP contribution in [-0.4, -0.2) is 48.5 Å². The van der Waals surface area contributed by atoms with Crippen LogP contribution >= 0.6 is 39.7 Å². The summed E-state index contributed by atoms with van der Waals surface area (Å²) >= 11 is 5.21. The van der Waals surface area contributed by atoms with Crippen LogP contribution in [0.15, 0.2) is 28.5 Å². The number of benzene rings is 1. The topological polar surface area (TPSA) is 44.8 Å². The fourth-order valence-electron chi connectivity index (χ4n) is 3.51. The van der Waals surface area contributed by atoms with Gasteiger partial charge in [-0.25, -0.2) is 0 Å². The van der Waals surface area contributed by atoms with Gasteiger partial charge in [-0.3, -0.25) is 9.69 Å². The minimum absolute atomic E-state index is 0. The number of nitrogens with one attached hydrogen (secondary N) is 1. The Kier molecular flexibility index (Phi) is 6.35. The number of anilines is 1. The molecule has 0 unspecified atom stereocenters. The summed E-state index contributed by atoms with van der Waals surface area (Å²) in [7, 11) is 0. The first kappa shape index (κ1) is 20.5. The number of halogens is 2. The second kappa shape index (κ2) is 8.39. The molecular weight excluding hydrogens is 450 g/mol. The predicted octanol–water partition coefficient (Wildman–Crippen LogP) is 4.92. The van der Waals surface area contributed by atoms with E-state index in [0.29, 0.717) is 6.61 Å². The van der Waals surface area contributed by atoms with Gasteiger partial charge in [-0.05, 0) is 47.6 Å². The van der Waals surface area contributed by atoms with E-state index in [9.17, 15) is 4.79 Å². The van der Waals surface area contributed by atoms with Crippen molar-refractivity contribution in [3.8, 4) is 5.75 Å².